The number of carbonyl (C=O) groups is 1. The van der Waals surface area contributed by atoms with Gasteiger partial charge in [-0.2, -0.15) is 0 Å². The molecule has 0 spiro atoms. The Balaban J connectivity index is 0.00000324. The van der Waals surface area contributed by atoms with Crippen molar-refractivity contribution in [3.63, 3.8) is 0 Å². The molecule has 1 aliphatic rings. The smallest absolute Gasteiger partial charge is 0.237 e. The van der Waals surface area contributed by atoms with E-state index < -0.39 is 6.04 Å². The van der Waals surface area contributed by atoms with Gasteiger partial charge in [0.1, 0.15) is 0 Å². The quantitative estimate of drug-likeness (QED) is 0.780. The van der Waals surface area contributed by atoms with Gasteiger partial charge in [-0.1, -0.05) is 13.8 Å². The van der Waals surface area contributed by atoms with Gasteiger partial charge in [0, 0.05) is 25.2 Å². The number of carbonyl (C=O) groups excluding carboxylic acids is 1. The fourth-order valence-corrected chi connectivity index (χ4v) is 2.04. The van der Waals surface area contributed by atoms with Crippen molar-refractivity contribution in [1.82, 2.24) is 10.2 Å². The third-order valence-electron chi connectivity index (χ3n) is 3.74. The fraction of sp³-hybridized carbons (Fsp3) is 0.923. The van der Waals surface area contributed by atoms with Crippen LogP contribution in [0.5, 0.6) is 0 Å². The summed E-state index contributed by atoms with van der Waals surface area (Å²) in [5.41, 5.74) is 5.84. The third-order valence-corrected chi connectivity index (χ3v) is 3.74. The van der Waals surface area contributed by atoms with Crippen LogP contribution in [0.3, 0.4) is 0 Å². The number of nitrogens with two attached hydrogens (primary N) is 1. The molecule has 19 heavy (non-hydrogen) atoms. The molecule has 1 fully saturated rings. The number of morpholine rings is 1. The molecule has 1 heterocycles. The molecular weight excluding hydrogens is 266 g/mol. The summed E-state index contributed by atoms with van der Waals surface area (Å²) in [5.74, 6) is 0.105. The van der Waals surface area contributed by atoms with Crippen LogP contribution >= 0.6 is 12.4 Å². The minimum atomic E-state index is -0.427. The largest absolute Gasteiger partial charge is 0.379 e. The van der Waals surface area contributed by atoms with Crippen molar-refractivity contribution in [3.05, 3.63) is 0 Å². The molecule has 2 unspecified atom stereocenters. The normalized spacial score (nSPS) is 21.4. The van der Waals surface area contributed by atoms with E-state index in [1.807, 2.05) is 20.8 Å². The summed E-state index contributed by atoms with van der Waals surface area (Å²) in [5, 5.41) is 3.01. The second kappa shape index (κ2) is 8.74. The van der Waals surface area contributed by atoms with Crippen LogP contribution in [0, 0.1) is 5.92 Å². The number of hydrogen-bond acceptors (Lipinski definition) is 4. The van der Waals surface area contributed by atoms with Crippen LogP contribution in [0.1, 0.15) is 27.7 Å². The minimum absolute atomic E-state index is 0. The molecule has 114 valence electrons. The number of hydrogen-bond donors (Lipinski definition) is 2. The highest BCUT2D eigenvalue weighted by Crippen LogP contribution is 2.08. The molecule has 0 aromatic rings. The minimum Gasteiger partial charge on any atom is -0.379 e. The fourth-order valence-electron chi connectivity index (χ4n) is 2.04. The first-order valence-electron chi connectivity index (χ1n) is 6.81. The Morgan fingerprint density at radius 1 is 1.21 bits per heavy atom. The molecular formula is C13H28ClN3O2. The Kier molecular flexibility index (Phi) is 8.57. The SMILES string of the molecule is CC(NC(=O)[C@@H](N)C(C)C)C(C)N1CCOCC1.Cl. The van der Waals surface area contributed by atoms with Gasteiger partial charge in [0.25, 0.3) is 0 Å². The lowest BCUT2D eigenvalue weighted by Gasteiger charge is -2.36. The molecule has 1 rings (SSSR count). The summed E-state index contributed by atoms with van der Waals surface area (Å²) in [6.07, 6.45) is 0. The van der Waals surface area contributed by atoms with E-state index in [4.69, 9.17) is 10.5 Å². The number of amides is 1. The van der Waals surface area contributed by atoms with Crippen LogP contribution in [0.2, 0.25) is 0 Å². The van der Waals surface area contributed by atoms with Crippen molar-refractivity contribution in [2.45, 2.75) is 45.8 Å². The van der Waals surface area contributed by atoms with Gasteiger partial charge in [-0.15, -0.1) is 12.4 Å². The molecule has 0 aromatic carbocycles. The maximum absolute atomic E-state index is 11.9. The molecule has 0 bridgehead atoms. The van der Waals surface area contributed by atoms with E-state index in [1.165, 1.54) is 0 Å². The Hall–Kier alpha value is -0.360. The molecule has 6 heteroatoms. The van der Waals surface area contributed by atoms with Crippen molar-refractivity contribution in [2.75, 3.05) is 26.3 Å². The summed E-state index contributed by atoms with van der Waals surface area (Å²) < 4.78 is 5.33. The van der Waals surface area contributed by atoms with Crippen LogP contribution in [0.15, 0.2) is 0 Å². The Bertz CT molecular complexity index is 271. The van der Waals surface area contributed by atoms with E-state index >= 15 is 0 Å². The molecule has 0 radical (unpaired) electrons. The van der Waals surface area contributed by atoms with Gasteiger partial charge >= 0.3 is 0 Å². The van der Waals surface area contributed by atoms with Crippen molar-refractivity contribution >= 4 is 18.3 Å². The second-order valence-electron chi connectivity index (χ2n) is 5.46. The van der Waals surface area contributed by atoms with Crippen molar-refractivity contribution in [3.8, 4) is 0 Å². The van der Waals surface area contributed by atoms with Gasteiger partial charge in [-0.05, 0) is 19.8 Å². The summed E-state index contributed by atoms with van der Waals surface area (Å²) in [6.45, 7) is 11.5. The number of nitrogens with one attached hydrogen (secondary N) is 1. The van der Waals surface area contributed by atoms with Gasteiger partial charge < -0.3 is 15.8 Å². The Morgan fingerprint density at radius 3 is 2.21 bits per heavy atom. The van der Waals surface area contributed by atoms with Gasteiger partial charge in [0.05, 0.1) is 19.3 Å². The van der Waals surface area contributed by atoms with Crippen LogP contribution in [0.4, 0.5) is 0 Å². The van der Waals surface area contributed by atoms with Crippen LogP contribution in [-0.4, -0.2) is 55.2 Å². The topological polar surface area (TPSA) is 67.6 Å². The molecule has 0 aromatic heterocycles. The van der Waals surface area contributed by atoms with E-state index in [-0.39, 0.29) is 30.3 Å². The highest BCUT2D eigenvalue weighted by molar-refractivity contribution is 5.85. The molecule has 0 aliphatic carbocycles. The molecule has 1 saturated heterocycles. The summed E-state index contributed by atoms with van der Waals surface area (Å²) in [6, 6.07) is -0.0260. The van der Waals surface area contributed by atoms with Crippen LogP contribution in [-0.2, 0) is 9.53 Å². The lowest BCUT2D eigenvalue weighted by atomic mass is 10.0. The molecule has 1 aliphatic heterocycles. The van der Waals surface area contributed by atoms with Crippen molar-refractivity contribution < 1.29 is 9.53 Å². The zero-order valence-corrected chi connectivity index (χ0v) is 13.2. The van der Waals surface area contributed by atoms with Gasteiger partial charge in [0.15, 0.2) is 0 Å². The zero-order chi connectivity index (χ0) is 13.7. The molecule has 3 N–H and O–H groups in total. The average molecular weight is 294 g/mol. The monoisotopic (exact) mass is 293 g/mol. The maximum atomic E-state index is 11.9. The Labute approximate surface area is 122 Å². The molecule has 3 atom stereocenters. The highest BCUT2D eigenvalue weighted by atomic mass is 35.5. The standard InChI is InChI=1S/C13H27N3O2.ClH/c1-9(2)12(14)13(17)15-10(3)11(4)16-5-7-18-8-6-16;/h9-12H,5-8,14H2,1-4H3,(H,15,17);1H/t10?,11?,12-;/m0./s1. The van der Waals surface area contributed by atoms with Crippen molar-refractivity contribution in [2.24, 2.45) is 11.7 Å². The van der Waals surface area contributed by atoms with E-state index in [0.29, 0.717) is 6.04 Å². The van der Waals surface area contributed by atoms with Gasteiger partial charge in [0.2, 0.25) is 5.91 Å². The predicted octanol–water partition coefficient (Wildman–Crippen LogP) is 0.617. The van der Waals surface area contributed by atoms with E-state index in [0.717, 1.165) is 26.3 Å². The molecule has 0 saturated carbocycles. The van der Waals surface area contributed by atoms with Crippen molar-refractivity contribution in [1.29, 1.82) is 0 Å². The number of rotatable bonds is 5. The number of halogens is 1. The first-order chi connectivity index (χ1) is 8.43. The predicted molar refractivity (Wildman–Crippen MR) is 79.5 cm³/mol. The second-order valence-corrected chi connectivity index (χ2v) is 5.46. The zero-order valence-electron chi connectivity index (χ0n) is 12.4. The van der Waals surface area contributed by atoms with Gasteiger partial charge in [-0.25, -0.2) is 0 Å². The molecule has 1 amide bonds. The lowest BCUT2D eigenvalue weighted by molar-refractivity contribution is -0.124. The maximum Gasteiger partial charge on any atom is 0.237 e. The third kappa shape index (κ3) is 5.65. The first-order valence-corrected chi connectivity index (χ1v) is 6.81. The lowest BCUT2D eigenvalue weighted by Crippen LogP contribution is -2.55. The first kappa shape index (κ1) is 18.6. The average Bonchev–Trinajstić information content (AvgIpc) is 2.37. The molecule has 5 nitrogen and oxygen atoms in total. The number of ether oxygens (including phenoxy) is 1. The van der Waals surface area contributed by atoms with E-state index in [2.05, 4.69) is 17.1 Å². The van der Waals surface area contributed by atoms with Crippen LogP contribution < -0.4 is 11.1 Å². The van der Waals surface area contributed by atoms with E-state index in [1.54, 1.807) is 0 Å². The van der Waals surface area contributed by atoms with Gasteiger partial charge in [-0.3, -0.25) is 9.69 Å². The highest BCUT2D eigenvalue weighted by Gasteiger charge is 2.25. The number of nitrogens with zero attached hydrogens (tertiary/aromatic N) is 1. The summed E-state index contributed by atoms with van der Waals surface area (Å²) >= 11 is 0. The van der Waals surface area contributed by atoms with Crippen LogP contribution in [0.25, 0.3) is 0 Å². The van der Waals surface area contributed by atoms with E-state index in [9.17, 15) is 4.79 Å². The summed E-state index contributed by atoms with van der Waals surface area (Å²) in [4.78, 5) is 14.2. The summed E-state index contributed by atoms with van der Waals surface area (Å²) in [7, 11) is 0. The Morgan fingerprint density at radius 2 is 1.74 bits per heavy atom.